The Balaban J connectivity index is 1.27. The fourth-order valence-corrected chi connectivity index (χ4v) is 4.63. The summed E-state index contributed by atoms with van der Waals surface area (Å²) in [6.07, 6.45) is 5.37. The van der Waals surface area contributed by atoms with Gasteiger partial charge in [-0.15, -0.1) is 0 Å². The number of hydrogen-bond acceptors (Lipinski definition) is 2. The first-order valence-electron chi connectivity index (χ1n) is 9.91. The predicted octanol–water partition coefficient (Wildman–Crippen LogP) is 3.83. The van der Waals surface area contributed by atoms with Crippen LogP contribution in [0.1, 0.15) is 44.6 Å². The van der Waals surface area contributed by atoms with Crippen LogP contribution in [0.4, 0.5) is 8.78 Å². The molecule has 0 N–H and O–H groups in total. The van der Waals surface area contributed by atoms with Crippen molar-refractivity contribution < 1.29 is 13.6 Å². The van der Waals surface area contributed by atoms with Gasteiger partial charge in [-0.05, 0) is 63.1 Å². The summed E-state index contributed by atoms with van der Waals surface area (Å²) in [5.74, 6) is 0.132. The van der Waals surface area contributed by atoms with E-state index in [-0.39, 0.29) is 5.41 Å². The third-order valence-electron chi connectivity index (χ3n) is 6.75. The quantitative estimate of drug-likeness (QED) is 0.813. The van der Waals surface area contributed by atoms with Crippen LogP contribution in [0.15, 0.2) is 18.2 Å². The van der Waals surface area contributed by atoms with Crippen molar-refractivity contribution in [3.05, 3.63) is 35.4 Å². The summed E-state index contributed by atoms with van der Waals surface area (Å²) in [5, 5.41) is 0. The molecule has 2 saturated heterocycles. The second-order valence-corrected chi connectivity index (χ2v) is 8.69. The van der Waals surface area contributed by atoms with Crippen molar-refractivity contribution in [2.75, 3.05) is 26.2 Å². The van der Waals surface area contributed by atoms with Crippen LogP contribution in [0.2, 0.25) is 0 Å². The number of carbonyl (C=O) groups excluding carboxylic acids is 1. The van der Waals surface area contributed by atoms with E-state index in [1.54, 1.807) is 12.1 Å². The lowest BCUT2D eigenvalue weighted by Gasteiger charge is -2.35. The molecule has 1 unspecified atom stereocenters. The number of piperidine rings is 1. The van der Waals surface area contributed by atoms with E-state index >= 15 is 0 Å². The van der Waals surface area contributed by atoms with Crippen LogP contribution in [0, 0.1) is 28.9 Å². The van der Waals surface area contributed by atoms with Gasteiger partial charge in [0.25, 0.3) is 0 Å². The fourth-order valence-electron chi connectivity index (χ4n) is 4.63. The number of rotatable bonds is 4. The molecule has 2 heterocycles. The Labute approximate surface area is 154 Å². The van der Waals surface area contributed by atoms with Crippen LogP contribution >= 0.6 is 0 Å². The molecular formula is C21H28F2N2O. The van der Waals surface area contributed by atoms with Crippen molar-refractivity contribution in [2.45, 2.75) is 45.6 Å². The SMILES string of the molecule is CC1(C(=O)N2CCC(C3CCN(Cc4cccc(F)c4F)CC3)C2)CC1. The summed E-state index contributed by atoms with van der Waals surface area (Å²) < 4.78 is 27.2. The van der Waals surface area contributed by atoms with Gasteiger partial charge >= 0.3 is 0 Å². The van der Waals surface area contributed by atoms with Crippen LogP contribution in [0.5, 0.6) is 0 Å². The van der Waals surface area contributed by atoms with E-state index in [9.17, 15) is 13.6 Å². The zero-order valence-corrected chi connectivity index (χ0v) is 15.5. The zero-order valence-electron chi connectivity index (χ0n) is 15.5. The molecule has 1 saturated carbocycles. The van der Waals surface area contributed by atoms with Crippen molar-refractivity contribution in [3.8, 4) is 0 Å². The van der Waals surface area contributed by atoms with E-state index in [0.717, 1.165) is 58.3 Å². The lowest BCUT2D eigenvalue weighted by molar-refractivity contribution is -0.135. The van der Waals surface area contributed by atoms with E-state index < -0.39 is 11.6 Å². The van der Waals surface area contributed by atoms with Crippen molar-refractivity contribution in [1.82, 2.24) is 9.80 Å². The van der Waals surface area contributed by atoms with E-state index in [2.05, 4.69) is 16.7 Å². The Kier molecular flexibility index (Phi) is 4.76. The number of amides is 1. The highest BCUT2D eigenvalue weighted by atomic mass is 19.2. The van der Waals surface area contributed by atoms with Crippen LogP contribution in [0.25, 0.3) is 0 Å². The van der Waals surface area contributed by atoms with E-state index in [1.807, 2.05) is 0 Å². The molecule has 4 rings (SSSR count). The summed E-state index contributed by atoms with van der Waals surface area (Å²) in [6, 6.07) is 4.41. The number of halogens is 2. The standard InChI is InChI=1S/C21H28F2N2O/c1-21(8-9-21)20(26)25-12-7-16(14-25)15-5-10-24(11-6-15)13-17-3-2-4-18(22)19(17)23/h2-4,15-16H,5-14H2,1H3. The minimum Gasteiger partial charge on any atom is -0.342 e. The van der Waals surface area contributed by atoms with Gasteiger partial charge in [0.1, 0.15) is 0 Å². The lowest BCUT2D eigenvalue weighted by Crippen LogP contribution is -2.38. The van der Waals surface area contributed by atoms with Gasteiger partial charge in [0.05, 0.1) is 0 Å². The smallest absolute Gasteiger partial charge is 0.228 e. The molecule has 3 fully saturated rings. The molecule has 1 aromatic carbocycles. The molecule has 0 bridgehead atoms. The normalized spacial score (nSPS) is 26.3. The highest BCUT2D eigenvalue weighted by Gasteiger charge is 2.48. The highest BCUT2D eigenvalue weighted by molar-refractivity contribution is 5.85. The first-order chi connectivity index (χ1) is 12.5. The van der Waals surface area contributed by atoms with Gasteiger partial charge < -0.3 is 4.90 Å². The summed E-state index contributed by atoms with van der Waals surface area (Å²) in [5.41, 5.74) is 0.381. The second-order valence-electron chi connectivity index (χ2n) is 8.69. The molecule has 1 atom stereocenters. The maximum absolute atomic E-state index is 13.9. The monoisotopic (exact) mass is 362 g/mol. The van der Waals surface area contributed by atoms with Gasteiger partial charge in [0.15, 0.2) is 11.6 Å². The first kappa shape index (κ1) is 17.9. The topological polar surface area (TPSA) is 23.6 Å². The van der Waals surface area contributed by atoms with E-state index in [1.165, 1.54) is 6.07 Å². The molecule has 142 valence electrons. The van der Waals surface area contributed by atoms with Crippen molar-refractivity contribution in [1.29, 1.82) is 0 Å². The molecule has 0 spiro atoms. The number of benzene rings is 1. The number of hydrogen-bond donors (Lipinski definition) is 0. The largest absolute Gasteiger partial charge is 0.342 e. The Morgan fingerprint density at radius 3 is 2.50 bits per heavy atom. The molecule has 2 aliphatic heterocycles. The van der Waals surface area contributed by atoms with Crippen LogP contribution in [-0.4, -0.2) is 41.9 Å². The molecule has 1 amide bonds. The second kappa shape index (κ2) is 6.91. The Hall–Kier alpha value is -1.49. The molecule has 1 aromatic rings. The van der Waals surface area contributed by atoms with Crippen molar-refractivity contribution in [2.24, 2.45) is 17.3 Å². The predicted molar refractivity (Wildman–Crippen MR) is 96.4 cm³/mol. The van der Waals surface area contributed by atoms with Crippen LogP contribution in [0.3, 0.4) is 0 Å². The minimum absolute atomic E-state index is 0.0622. The van der Waals surface area contributed by atoms with Gasteiger partial charge in [-0.2, -0.15) is 0 Å². The zero-order chi connectivity index (χ0) is 18.3. The van der Waals surface area contributed by atoms with Gasteiger partial charge in [-0.25, -0.2) is 8.78 Å². The molecule has 5 heteroatoms. The molecular weight excluding hydrogens is 334 g/mol. The first-order valence-corrected chi connectivity index (χ1v) is 9.91. The number of carbonyl (C=O) groups is 1. The fraction of sp³-hybridized carbons (Fsp3) is 0.667. The highest BCUT2D eigenvalue weighted by Crippen LogP contribution is 2.47. The van der Waals surface area contributed by atoms with Gasteiger partial charge in [0, 0.05) is 30.6 Å². The minimum atomic E-state index is -0.766. The molecule has 1 aliphatic carbocycles. The summed E-state index contributed by atoms with van der Waals surface area (Å²) >= 11 is 0. The Bertz CT molecular complexity index is 681. The van der Waals surface area contributed by atoms with Crippen LogP contribution < -0.4 is 0 Å². The molecule has 26 heavy (non-hydrogen) atoms. The average molecular weight is 362 g/mol. The third kappa shape index (κ3) is 3.51. The van der Waals surface area contributed by atoms with Gasteiger partial charge in [-0.3, -0.25) is 9.69 Å². The molecule has 3 nitrogen and oxygen atoms in total. The third-order valence-corrected chi connectivity index (χ3v) is 6.75. The number of nitrogens with zero attached hydrogens (tertiary/aromatic N) is 2. The lowest BCUT2D eigenvalue weighted by atomic mass is 9.83. The van der Waals surface area contributed by atoms with Crippen molar-refractivity contribution >= 4 is 5.91 Å². The van der Waals surface area contributed by atoms with Gasteiger partial charge in [0.2, 0.25) is 5.91 Å². The Morgan fingerprint density at radius 2 is 1.81 bits per heavy atom. The van der Waals surface area contributed by atoms with Crippen LogP contribution in [-0.2, 0) is 11.3 Å². The van der Waals surface area contributed by atoms with E-state index in [4.69, 9.17) is 0 Å². The molecule has 3 aliphatic rings. The summed E-state index contributed by atoms with van der Waals surface area (Å²) in [4.78, 5) is 16.8. The van der Waals surface area contributed by atoms with Gasteiger partial charge in [-0.1, -0.05) is 19.1 Å². The average Bonchev–Trinajstić information content (AvgIpc) is 3.20. The molecule has 0 aromatic heterocycles. The summed E-state index contributed by atoms with van der Waals surface area (Å²) in [6.45, 7) is 6.23. The maximum atomic E-state index is 13.9. The Morgan fingerprint density at radius 1 is 1.12 bits per heavy atom. The molecule has 0 radical (unpaired) electrons. The maximum Gasteiger partial charge on any atom is 0.228 e. The van der Waals surface area contributed by atoms with E-state index in [0.29, 0.717) is 29.9 Å². The summed E-state index contributed by atoms with van der Waals surface area (Å²) in [7, 11) is 0. The van der Waals surface area contributed by atoms with Crippen molar-refractivity contribution in [3.63, 3.8) is 0 Å². The number of likely N-dealkylation sites (tertiary alicyclic amines) is 2.